The van der Waals surface area contributed by atoms with E-state index in [1.165, 1.54) is 0 Å². The summed E-state index contributed by atoms with van der Waals surface area (Å²) < 4.78 is 1.67. The smallest absolute Gasteiger partial charge is 0.164 e. The van der Waals surface area contributed by atoms with Gasteiger partial charge in [-0.2, -0.15) is 0 Å². The summed E-state index contributed by atoms with van der Waals surface area (Å²) in [5, 5.41) is 14.5. The molecule has 2 rings (SSSR count). The summed E-state index contributed by atoms with van der Waals surface area (Å²) in [6.07, 6.45) is 2.12. The average molecular weight is 182 g/mol. The van der Waals surface area contributed by atoms with Crippen LogP contribution in [0, 0.1) is 0 Å². The van der Waals surface area contributed by atoms with Gasteiger partial charge in [0.05, 0.1) is 6.54 Å². The van der Waals surface area contributed by atoms with E-state index in [2.05, 4.69) is 20.8 Å². The van der Waals surface area contributed by atoms with Gasteiger partial charge in [0.25, 0.3) is 0 Å². The summed E-state index contributed by atoms with van der Waals surface area (Å²) in [4.78, 5) is 0. The predicted octanol–water partition coefficient (Wildman–Crippen LogP) is -1.21. The van der Waals surface area contributed by atoms with Crippen molar-refractivity contribution in [1.29, 1.82) is 0 Å². The highest BCUT2D eigenvalue weighted by molar-refractivity contribution is 4.89. The van der Waals surface area contributed by atoms with E-state index < -0.39 is 0 Å². The van der Waals surface area contributed by atoms with Crippen LogP contribution < -0.4 is 11.1 Å². The lowest BCUT2D eigenvalue weighted by Crippen LogP contribution is -2.48. The zero-order chi connectivity index (χ0) is 9.26. The number of nitrogens with one attached hydrogen (secondary N) is 1. The molecule has 1 fully saturated rings. The van der Waals surface area contributed by atoms with Gasteiger partial charge in [0.2, 0.25) is 0 Å². The molecular weight excluding hydrogens is 168 g/mol. The number of hydrogen-bond donors (Lipinski definition) is 2. The Bertz CT molecular complexity index is 276. The van der Waals surface area contributed by atoms with Crippen molar-refractivity contribution in [2.24, 2.45) is 12.8 Å². The minimum absolute atomic E-state index is 0.384. The number of aromatic nitrogens is 4. The van der Waals surface area contributed by atoms with E-state index in [4.69, 9.17) is 5.73 Å². The molecule has 13 heavy (non-hydrogen) atoms. The second kappa shape index (κ2) is 3.39. The van der Waals surface area contributed by atoms with Crippen molar-refractivity contribution < 1.29 is 0 Å². The van der Waals surface area contributed by atoms with Crippen molar-refractivity contribution in [1.82, 2.24) is 25.5 Å². The molecule has 0 aliphatic heterocycles. The molecule has 0 unspecified atom stereocenters. The molecule has 1 saturated carbocycles. The summed E-state index contributed by atoms with van der Waals surface area (Å²) in [6.45, 7) is 0.723. The van der Waals surface area contributed by atoms with Crippen molar-refractivity contribution in [3.8, 4) is 0 Å². The molecule has 1 aromatic rings. The van der Waals surface area contributed by atoms with E-state index in [9.17, 15) is 0 Å². The molecule has 6 nitrogen and oxygen atoms in total. The highest BCUT2D eigenvalue weighted by Crippen LogP contribution is 2.17. The van der Waals surface area contributed by atoms with Crippen LogP contribution in [0.2, 0.25) is 0 Å². The van der Waals surface area contributed by atoms with E-state index in [-0.39, 0.29) is 0 Å². The van der Waals surface area contributed by atoms with Gasteiger partial charge in [0.15, 0.2) is 5.82 Å². The highest BCUT2D eigenvalue weighted by Gasteiger charge is 2.25. The van der Waals surface area contributed by atoms with Crippen LogP contribution in [-0.4, -0.2) is 32.3 Å². The van der Waals surface area contributed by atoms with Crippen molar-refractivity contribution in [3.05, 3.63) is 5.82 Å². The maximum Gasteiger partial charge on any atom is 0.164 e. The monoisotopic (exact) mass is 182 g/mol. The van der Waals surface area contributed by atoms with Crippen LogP contribution in [0.5, 0.6) is 0 Å². The van der Waals surface area contributed by atoms with E-state index in [1.54, 1.807) is 4.68 Å². The Morgan fingerprint density at radius 3 is 2.92 bits per heavy atom. The molecule has 72 valence electrons. The van der Waals surface area contributed by atoms with Gasteiger partial charge in [-0.05, 0) is 23.3 Å². The van der Waals surface area contributed by atoms with Gasteiger partial charge in [-0.15, -0.1) is 5.10 Å². The van der Waals surface area contributed by atoms with Crippen molar-refractivity contribution in [2.75, 3.05) is 0 Å². The third-order valence-corrected chi connectivity index (χ3v) is 2.43. The van der Waals surface area contributed by atoms with Gasteiger partial charge in [0, 0.05) is 19.1 Å². The quantitative estimate of drug-likeness (QED) is 0.613. The largest absolute Gasteiger partial charge is 0.328 e. The fraction of sp³-hybridized carbons (Fsp3) is 0.857. The van der Waals surface area contributed by atoms with Gasteiger partial charge in [-0.3, -0.25) is 0 Å². The molecule has 0 spiro atoms. The van der Waals surface area contributed by atoms with E-state index in [0.717, 1.165) is 25.2 Å². The normalized spacial score (nSPS) is 27.2. The summed E-state index contributed by atoms with van der Waals surface area (Å²) in [5.41, 5.74) is 5.66. The molecule has 6 heteroatoms. The summed E-state index contributed by atoms with van der Waals surface area (Å²) in [6, 6.07) is 0.932. The van der Waals surface area contributed by atoms with Crippen molar-refractivity contribution in [3.63, 3.8) is 0 Å². The molecule has 0 atom stereocenters. The molecule has 0 saturated heterocycles. The predicted molar refractivity (Wildman–Crippen MR) is 46.6 cm³/mol. The number of nitrogens with two attached hydrogens (primary N) is 1. The van der Waals surface area contributed by atoms with Crippen LogP contribution in [0.3, 0.4) is 0 Å². The first-order valence-electron chi connectivity index (χ1n) is 4.46. The molecule has 3 N–H and O–H groups in total. The Morgan fingerprint density at radius 2 is 2.38 bits per heavy atom. The Labute approximate surface area is 76.5 Å². The minimum Gasteiger partial charge on any atom is -0.328 e. The molecule has 0 radical (unpaired) electrons. The summed E-state index contributed by atoms with van der Waals surface area (Å²) in [7, 11) is 1.84. The number of rotatable bonds is 3. The van der Waals surface area contributed by atoms with Gasteiger partial charge in [-0.1, -0.05) is 0 Å². The first-order valence-corrected chi connectivity index (χ1v) is 4.46. The van der Waals surface area contributed by atoms with Crippen LogP contribution in [0.25, 0.3) is 0 Å². The maximum absolute atomic E-state index is 5.66. The average Bonchev–Trinajstić information content (AvgIpc) is 2.43. The Kier molecular flexibility index (Phi) is 2.24. The molecule has 0 amide bonds. The molecule has 0 bridgehead atoms. The molecule has 1 aromatic heterocycles. The van der Waals surface area contributed by atoms with E-state index >= 15 is 0 Å². The number of tetrazole rings is 1. The topological polar surface area (TPSA) is 81.7 Å². The van der Waals surface area contributed by atoms with Crippen molar-refractivity contribution in [2.45, 2.75) is 31.5 Å². The van der Waals surface area contributed by atoms with Gasteiger partial charge < -0.3 is 11.1 Å². The lowest BCUT2D eigenvalue weighted by Gasteiger charge is -2.32. The summed E-state index contributed by atoms with van der Waals surface area (Å²) >= 11 is 0. The number of nitrogens with zero attached hydrogens (tertiary/aromatic N) is 4. The lowest BCUT2D eigenvalue weighted by atomic mass is 9.88. The minimum atomic E-state index is 0.384. The second-order valence-electron chi connectivity index (χ2n) is 3.53. The van der Waals surface area contributed by atoms with Gasteiger partial charge in [-0.25, -0.2) is 4.68 Å². The zero-order valence-electron chi connectivity index (χ0n) is 7.64. The molecule has 1 heterocycles. The molecule has 0 aromatic carbocycles. The standard InChI is InChI=1S/C7H14N6/c1-13-7(10-11-12-13)4-9-6-2-5(8)3-6/h5-6,9H,2-4,8H2,1H3. The van der Waals surface area contributed by atoms with Crippen LogP contribution in [0.15, 0.2) is 0 Å². The lowest BCUT2D eigenvalue weighted by molar-refractivity contribution is 0.287. The van der Waals surface area contributed by atoms with E-state index in [0.29, 0.717) is 12.1 Å². The SMILES string of the molecule is Cn1nnnc1CNC1CC(N)C1. The maximum atomic E-state index is 5.66. The second-order valence-corrected chi connectivity index (χ2v) is 3.53. The van der Waals surface area contributed by atoms with Crippen molar-refractivity contribution >= 4 is 0 Å². The first kappa shape index (κ1) is 8.58. The Hall–Kier alpha value is -1.01. The Balaban J connectivity index is 1.77. The van der Waals surface area contributed by atoms with Crippen LogP contribution in [0.4, 0.5) is 0 Å². The van der Waals surface area contributed by atoms with Crippen LogP contribution in [0.1, 0.15) is 18.7 Å². The van der Waals surface area contributed by atoms with Gasteiger partial charge in [0.1, 0.15) is 0 Å². The number of hydrogen-bond acceptors (Lipinski definition) is 5. The van der Waals surface area contributed by atoms with E-state index in [1.807, 2.05) is 7.05 Å². The third kappa shape index (κ3) is 1.84. The fourth-order valence-corrected chi connectivity index (χ4v) is 1.46. The zero-order valence-corrected chi connectivity index (χ0v) is 7.64. The van der Waals surface area contributed by atoms with Gasteiger partial charge >= 0.3 is 0 Å². The van der Waals surface area contributed by atoms with Crippen LogP contribution >= 0.6 is 0 Å². The third-order valence-electron chi connectivity index (χ3n) is 2.43. The fourth-order valence-electron chi connectivity index (χ4n) is 1.46. The Morgan fingerprint density at radius 1 is 1.62 bits per heavy atom. The summed E-state index contributed by atoms with van der Waals surface area (Å²) in [5.74, 6) is 0.862. The highest BCUT2D eigenvalue weighted by atomic mass is 15.5. The molecule has 1 aliphatic carbocycles. The number of aryl methyl sites for hydroxylation is 1. The van der Waals surface area contributed by atoms with Crippen LogP contribution in [-0.2, 0) is 13.6 Å². The molecular formula is C7H14N6. The molecule has 1 aliphatic rings. The first-order chi connectivity index (χ1) is 6.25.